The Balaban J connectivity index is 1.63. The van der Waals surface area contributed by atoms with Gasteiger partial charge < -0.3 is 4.74 Å². The van der Waals surface area contributed by atoms with E-state index in [-0.39, 0.29) is 5.91 Å². The van der Waals surface area contributed by atoms with Crippen molar-refractivity contribution in [1.82, 2.24) is 15.6 Å². The molecule has 0 spiro atoms. The summed E-state index contributed by atoms with van der Waals surface area (Å²) >= 11 is 0. The first-order chi connectivity index (χ1) is 12.2. The van der Waals surface area contributed by atoms with E-state index in [9.17, 15) is 4.79 Å². The van der Waals surface area contributed by atoms with Crippen molar-refractivity contribution in [1.29, 1.82) is 0 Å². The van der Waals surface area contributed by atoms with Crippen molar-refractivity contribution in [2.24, 2.45) is 5.10 Å². The molecule has 6 nitrogen and oxygen atoms in total. The molecule has 1 aromatic heterocycles. The first-order valence-corrected chi connectivity index (χ1v) is 7.75. The zero-order chi connectivity index (χ0) is 17.6. The highest BCUT2D eigenvalue weighted by Crippen LogP contribution is 2.18. The predicted octanol–water partition coefficient (Wildman–Crippen LogP) is 3.16. The lowest BCUT2D eigenvalue weighted by Gasteiger charge is -1.99. The number of hydrazone groups is 1. The number of H-pyrrole nitrogens is 1. The number of rotatable bonds is 5. The van der Waals surface area contributed by atoms with Gasteiger partial charge in [0.1, 0.15) is 11.4 Å². The van der Waals surface area contributed by atoms with Gasteiger partial charge in [0.15, 0.2) is 0 Å². The standard InChI is InChI=1S/C19H18N4O2/c1-13-3-7-15(8-4-13)17-11-18(22-21-17)19(24)23-20-12-14-5-9-16(25-2)10-6-14/h3-12H,1-2H3,(H,21,22)(H,23,24)/b20-12+. The van der Waals surface area contributed by atoms with Crippen molar-refractivity contribution in [2.75, 3.05) is 7.11 Å². The molecule has 0 saturated heterocycles. The van der Waals surface area contributed by atoms with Crippen molar-refractivity contribution < 1.29 is 9.53 Å². The van der Waals surface area contributed by atoms with Crippen LogP contribution in [0.1, 0.15) is 21.6 Å². The molecular weight excluding hydrogens is 316 g/mol. The van der Waals surface area contributed by atoms with Crippen molar-refractivity contribution in [3.05, 3.63) is 71.4 Å². The molecule has 0 aliphatic rings. The number of aromatic amines is 1. The molecule has 6 heteroatoms. The van der Waals surface area contributed by atoms with E-state index in [1.165, 1.54) is 5.56 Å². The van der Waals surface area contributed by atoms with Crippen LogP contribution in [0.15, 0.2) is 59.7 Å². The lowest BCUT2D eigenvalue weighted by molar-refractivity contribution is 0.0950. The summed E-state index contributed by atoms with van der Waals surface area (Å²) < 4.78 is 5.09. The van der Waals surface area contributed by atoms with E-state index in [0.29, 0.717) is 11.4 Å². The number of benzene rings is 2. The van der Waals surface area contributed by atoms with Crippen LogP contribution in [0, 0.1) is 6.92 Å². The number of hydrogen-bond acceptors (Lipinski definition) is 4. The summed E-state index contributed by atoms with van der Waals surface area (Å²) in [4.78, 5) is 12.1. The Kier molecular flexibility index (Phi) is 4.89. The third kappa shape index (κ3) is 4.11. The normalized spacial score (nSPS) is 10.8. The molecular formula is C19H18N4O2. The molecule has 1 heterocycles. The Bertz CT molecular complexity index is 881. The first kappa shape index (κ1) is 16.4. The molecule has 0 saturated carbocycles. The number of hydrogen-bond donors (Lipinski definition) is 2. The molecule has 1 amide bonds. The van der Waals surface area contributed by atoms with Gasteiger partial charge in [0.05, 0.1) is 19.0 Å². The Morgan fingerprint density at radius 3 is 2.56 bits per heavy atom. The van der Waals surface area contributed by atoms with E-state index < -0.39 is 0 Å². The van der Waals surface area contributed by atoms with Crippen LogP contribution in [-0.4, -0.2) is 29.4 Å². The third-order valence-electron chi connectivity index (χ3n) is 3.67. The van der Waals surface area contributed by atoms with E-state index in [2.05, 4.69) is 20.7 Å². The number of nitrogens with one attached hydrogen (secondary N) is 2. The SMILES string of the molecule is COc1ccc(/C=N/NC(=O)c2cc(-c3ccc(C)cc3)n[nH]2)cc1. The summed E-state index contributed by atoms with van der Waals surface area (Å²) in [5.74, 6) is 0.415. The first-order valence-electron chi connectivity index (χ1n) is 7.75. The van der Waals surface area contributed by atoms with Crippen LogP contribution >= 0.6 is 0 Å². The van der Waals surface area contributed by atoms with Gasteiger partial charge in [-0.3, -0.25) is 9.89 Å². The topological polar surface area (TPSA) is 79.4 Å². The fourth-order valence-corrected chi connectivity index (χ4v) is 2.23. The quantitative estimate of drug-likeness (QED) is 0.556. The maximum atomic E-state index is 12.1. The average Bonchev–Trinajstić information content (AvgIpc) is 3.13. The molecule has 0 unspecified atom stereocenters. The summed E-state index contributed by atoms with van der Waals surface area (Å²) in [5, 5.41) is 10.9. The van der Waals surface area contributed by atoms with Crippen LogP contribution in [0.3, 0.4) is 0 Å². The molecule has 0 atom stereocenters. The van der Waals surface area contributed by atoms with Gasteiger partial charge in [0, 0.05) is 5.56 Å². The van der Waals surface area contributed by atoms with Crippen LogP contribution in [0.4, 0.5) is 0 Å². The van der Waals surface area contributed by atoms with Gasteiger partial charge in [0.25, 0.3) is 5.91 Å². The second kappa shape index (κ2) is 7.44. The molecule has 3 aromatic rings. The van der Waals surface area contributed by atoms with Gasteiger partial charge >= 0.3 is 0 Å². The number of nitrogens with zero attached hydrogens (tertiary/aromatic N) is 2. The van der Waals surface area contributed by atoms with E-state index in [1.807, 2.05) is 55.5 Å². The van der Waals surface area contributed by atoms with Crippen molar-refractivity contribution in [2.45, 2.75) is 6.92 Å². The number of aryl methyl sites for hydroxylation is 1. The van der Waals surface area contributed by atoms with Gasteiger partial charge in [-0.05, 0) is 42.8 Å². The monoisotopic (exact) mass is 334 g/mol. The molecule has 0 aliphatic heterocycles. The zero-order valence-electron chi connectivity index (χ0n) is 14.0. The summed E-state index contributed by atoms with van der Waals surface area (Å²) in [6.07, 6.45) is 1.56. The van der Waals surface area contributed by atoms with Gasteiger partial charge in [-0.2, -0.15) is 10.2 Å². The molecule has 0 bridgehead atoms. The highest BCUT2D eigenvalue weighted by molar-refractivity contribution is 5.94. The highest BCUT2D eigenvalue weighted by Gasteiger charge is 2.10. The molecule has 2 aromatic carbocycles. The van der Waals surface area contributed by atoms with Crippen molar-refractivity contribution in [3.63, 3.8) is 0 Å². The van der Waals surface area contributed by atoms with E-state index in [0.717, 1.165) is 16.9 Å². The van der Waals surface area contributed by atoms with E-state index in [4.69, 9.17) is 4.74 Å². The number of aromatic nitrogens is 2. The zero-order valence-corrected chi connectivity index (χ0v) is 14.0. The summed E-state index contributed by atoms with van der Waals surface area (Å²) in [5.41, 5.74) is 6.51. The van der Waals surface area contributed by atoms with Crippen LogP contribution in [0.25, 0.3) is 11.3 Å². The van der Waals surface area contributed by atoms with Gasteiger partial charge in [-0.15, -0.1) is 0 Å². The van der Waals surface area contributed by atoms with Gasteiger partial charge in [-0.25, -0.2) is 5.43 Å². The Hall–Kier alpha value is -3.41. The van der Waals surface area contributed by atoms with Crippen LogP contribution in [0.2, 0.25) is 0 Å². The molecule has 0 aliphatic carbocycles. The summed E-state index contributed by atoms with van der Waals surface area (Å²) in [7, 11) is 1.61. The smallest absolute Gasteiger partial charge is 0.289 e. The lowest BCUT2D eigenvalue weighted by atomic mass is 10.1. The maximum Gasteiger partial charge on any atom is 0.289 e. The van der Waals surface area contributed by atoms with Crippen LogP contribution < -0.4 is 10.2 Å². The number of methoxy groups -OCH3 is 1. The summed E-state index contributed by atoms with van der Waals surface area (Å²) in [6.45, 7) is 2.02. The Morgan fingerprint density at radius 1 is 1.16 bits per heavy atom. The van der Waals surface area contributed by atoms with E-state index >= 15 is 0 Å². The van der Waals surface area contributed by atoms with Crippen molar-refractivity contribution in [3.8, 4) is 17.0 Å². The summed E-state index contributed by atoms with van der Waals surface area (Å²) in [6, 6.07) is 17.0. The highest BCUT2D eigenvalue weighted by atomic mass is 16.5. The number of amides is 1. The molecule has 0 fully saturated rings. The molecule has 2 N–H and O–H groups in total. The number of carbonyl (C=O) groups excluding carboxylic acids is 1. The fraction of sp³-hybridized carbons (Fsp3) is 0.105. The molecule has 25 heavy (non-hydrogen) atoms. The third-order valence-corrected chi connectivity index (χ3v) is 3.67. The lowest BCUT2D eigenvalue weighted by Crippen LogP contribution is -2.17. The maximum absolute atomic E-state index is 12.1. The second-order valence-electron chi connectivity index (χ2n) is 5.51. The number of ether oxygens (including phenoxy) is 1. The minimum Gasteiger partial charge on any atom is -0.497 e. The fourth-order valence-electron chi connectivity index (χ4n) is 2.23. The van der Waals surface area contributed by atoms with E-state index in [1.54, 1.807) is 19.4 Å². The van der Waals surface area contributed by atoms with Gasteiger partial charge in [0.2, 0.25) is 0 Å². The van der Waals surface area contributed by atoms with Crippen LogP contribution in [-0.2, 0) is 0 Å². The Labute approximate surface area is 145 Å². The largest absolute Gasteiger partial charge is 0.497 e. The average molecular weight is 334 g/mol. The predicted molar refractivity (Wildman–Crippen MR) is 96.8 cm³/mol. The number of carbonyl (C=O) groups is 1. The minimum atomic E-state index is -0.351. The Morgan fingerprint density at radius 2 is 1.88 bits per heavy atom. The van der Waals surface area contributed by atoms with Crippen LogP contribution in [0.5, 0.6) is 5.75 Å². The van der Waals surface area contributed by atoms with Gasteiger partial charge in [-0.1, -0.05) is 29.8 Å². The molecule has 3 rings (SSSR count). The van der Waals surface area contributed by atoms with Crippen molar-refractivity contribution >= 4 is 12.1 Å². The molecule has 126 valence electrons. The molecule has 0 radical (unpaired) electrons. The minimum absolute atomic E-state index is 0.349. The second-order valence-corrected chi connectivity index (χ2v) is 5.51.